The monoisotopic (exact) mass is 178 g/mol. The number of nitrogens with zero attached hydrogens (tertiary/aromatic N) is 1. The van der Waals surface area contributed by atoms with E-state index in [1.165, 1.54) is 12.8 Å². The van der Waals surface area contributed by atoms with Crippen molar-refractivity contribution in [2.24, 2.45) is 5.73 Å². The fourth-order valence-electron chi connectivity index (χ4n) is 1.75. The maximum Gasteiger partial charge on any atom is 0.201 e. The molecular formula is C10H14N2O. The Morgan fingerprint density at radius 1 is 1.54 bits per heavy atom. The highest BCUT2D eigenvalue weighted by molar-refractivity contribution is 5.20. The summed E-state index contributed by atoms with van der Waals surface area (Å²) < 4.78 is 5.49. The van der Waals surface area contributed by atoms with Crippen LogP contribution in [0.4, 0.5) is 0 Å². The van der Waals surface area contributed by atoms with E-state index in [2.05, 4.69) is 4.98 Å². The molecule has 1 aromatic heterocycles. The Bertz CT molecular complexity index is 323. The van der Waals surface area contributed by atoms with Gasteiger partial charge in [0.25, 0.3) is 0 Å². The summed E-state index contributed by atoms with van der Waals surface area (Å²) >= 11 is 0. The van der Waals surface area contributed by atoms with Gasteiger partial charge in [-0.1, -0.05) is 0 Å². The van der Waals surface area contributed by atoms with Crippen molar-refractivity contribution in [3.05, 3.63) is 17.8 Å². The molecule has 3 nitrogen and oxygen atoms in total. The Kier molecular flexibility index (Phi) is 1.37. The summed E-state index contributed by atoms with van der Waals surface area (Å²) in [4.78, 5) is 4.53. The number of aromatic nitrogens is 1. The summed E-state index contributed by atoms with van der Waals surface area (Å²) in [6.07, 6.45) is 6.67. The van der Waals surface area contributed by atoms with Crippen molar-refractivity contribution in [3.63, 3.8) is 0 Å². The second kappa shape index (κ2) is 2.35. The molecule has 2 aliphatic rings. The van der Waals surface area contributed by atoms with Gasteiger partial charge in [-0.05, 0) is 25.7 Å². The van der Waals surface area contributed by atoms with Gasteiger partial charge in [-0.25, -0.2) is 4.98 Å². The van der Waals surface area contributed by atoms with Crippen molar-refractivity contribution in [1.82, 2.24) is 4.98 Å². The van der Waals surface area contributed by atoms with Crippen LogP contribution in [-0.2, 0) is 5.41 Å². The first-order valence-corrected chi connectivity index (χ1v) is 5.00. The smallest absolute Gasteiger partial charge is 0.201 e. The Hall–Kier alpha value is -0.830. The zero-order valence-electron chi connectivity index (χ0n) is 7.62. The Balaban J connectivity index is 1.88. The summed E-state index contributed by atoms with van der Waals surface area (Å²) in [5.41, 5.74) is 6.97. The average Bonchev–Trinajstić information content (AvgIpc) is 3.07. The van der Waals surface area contributed by atoms with Gasteiger partial charge in [-0.2, -0.15) is 0 Å². The molecule has 0 bridgehead atoms. The lowest BCUT2D eigenvalue weighted by atomic mass is 10.1. The van der Waals surface area contributed by atoms with E-state index >= 15 is 0 Å². The third kappa shape index (κ3) is 1.10. The molecule has 1 aromatic rings. The molecule has 13 heavy (non-hydrogen) atoms. The van der Waals surface area contributed by atoms with Crippen molar-refractivity contribution >= 4 is 0 Å². The highest BCUT2D eigenvalue weighted by atomic mass is 16.3. The predicted molar refractivity (Wildman–Crippen MR) is 48.4 cm³/mol. The van der Waals surface area contributed by atoms with Crippen LogP contribution in [0.1, 0.15) is 43.2 Å². The molecule has 0 amide bonds. The van der Waals surface area contributed by atoms with Crippen LogP contribution >= 0.6 is 0 Å². The average molecular weight is 178 g/mol. The Labute approximate surface area is 77.3 Å². The molecule has 0 aromatic carbocycles. The molecule has 0 spiro atoms. The van der Waals surface area contributed by atoms with Crippen LogP contribution in [0, 0.1) is 0 Å². The molecule has 2 fully saturated rings. The molecule has 0 saturated heterocycles. The second-order valence-electron chi connectivity index (χ2n) is 4.34. The van der Waals surface area contributed by atoms with Crippen LogP contribution in [0.2, 0.25) is 0 Å². The molecule has 0 radical (unpaired) electrons. The van der Waals surface area contributed by atoms with E-state index < -0.39 is 0 Å². The second-order valence-corrected chi connectivity index (χ2v) is 4.34. The molecule has 2 aliphatic carbocycles. The van der Waals surface area contributed by atoms with Gasteiger partial charge in [0.05, 0.1) is 11.1 Å². The van der Waals surface area contributed by atoms with Crippen LogP contribution in [0.15, 0.2) is 10.7 Å². The minimum absolute atomic E-state index is 0.118. The van der Waals surface area contributed by atoms with Gasteiger partial charge in [0, 0.05) is 12.5 Å². The maximum atomic E-state index is 5.70. The topological polar surface area (TPSA) is 52.0 Å². The van der Waals surface area contributed by atoms with Gasteiger partial charge < -0.3 is 10.2 Å². The fourth-order valence-corrected chi connectivity index (χ4v) is 1.75. The SMILES string of the molecule is NCC1(c2nc(C3CC3)co2)CC1. The summed E-state index contributed by atoms with van der Waals surface area (Å²) in [5, 5.41) is 0. The van der Waals surface area contributed by atoms with Crippen LogP contribution in [-0.4, -0.2) is 11.5 Å². The standard InChI is InChI=1S/C10H14N2O/c11-6-10(3-4-10)9-12-8(5-13-9)7-1-2-7/h5,7H,1-4,6,11H2. The quantitative estimate of drug-likeness (QED) is 0.763. The van der Waals surface area contributed by atoms with Crippen molar-refractivity contribution in [1.29, 1.82) is 0 Å². The van der Waals surface area contributed by atoms with Crippen molar-refractivity contribution in [2.45, 2.75) is 37.0 Å². The summed E-state index contributed by atoms with van der Waals surface area (Å²) in [7, 11) is 0. The van der Waals surface area contributed by atoms with Gasteiger partial charge in [0.15, 0.2) is 0 Å². The molecule has 2 saturated carbocycles. The van der Waals surface area contributed by atoms with E-state index in [1.807, 2.05) is 6.26 Å². The molecule has 3 heteroatoms. The number of hydrogen-bond acceptors (Lipinski definition) is 3. The molecule has 0 atom stereocenters. The van der Waals surface area contributed by atoms with Crippen molar-refractivity contribution in [2.75, 3.05) is 6.54 Å². The Morgan fingerprint density at radius 2 is 2.31 bits per heavy atom. The first kappa shape index (κ1) is 7.56. The van der Waals surface area contributed by atoms with E-state index in [0.29, 0.717) is 12.5 Å². The number of oxazole rings is 1. The predicted octanol–water partition coefficient (Wildman–Crippen LogP) is 1.54. The van der Waals surface area contributed by atoms with E-state index in [4.69, 9.17) is 10.2 Å². The molecule has 2 N–H and O–H groups in total. The normalized spacial score (nSPS) is 24.7. The van der Waals surface area contributed by atoms with Crippen LogP contribution in [0.25, 0.3) is 0 Å². The molecule has 70 valence electrons. The summed E-state index contributed by atoms with van der Waals surface area (Å²) in [6, 6.07) is 0. The first-order chi connectivity index (χ1) is 6.34. The minimum Gasteiger partial charge on any atom is -0.448 e. The number of hydrogen-bond donors (Lipinski definition) is 1. The van der Waals surface area contributed by atoms with E-state index in [0.717, 1.165) is 24.4 Å². The first-order valence-electron chi connectivity index (χ1n) is 5.00. The molecule has 0 unspecified atom stereocenters. The lowest BCUT2D eigenvalue weighted by Crippen LogP contribution is -2.20. The van der Waals surface area contributed by atoms with E-state index in [-0.39, 0.29) is 5.41 Å². The summed E-state index contributed by atoms with van der Waals surface area (Å²) in [6.45, 7) is 0.678. The van der Waals surface area contributed by atoms with Crippen LogP contribution in [0.3, 0.4) is 0 Å². The number of rotatable bonds is 3. The van der Waals surface area contributed by atoms with Crippen LogP contribution in [0.5, 0.6) is 0 Å². The van der Waals surface area contributed by atoms with E-state index in [9.17, 15) is 0 Å². The minimum atomic E-state index is 0.118. The molecular weight excluding hydrogens is 164 g/mol. The van der Waals surface area contributed by atoms with Crippen molar-refractivity contribution < 1.29 is 4.42 Å². The Morgan fingerprint density at radius 3 is 2.85 bits per heavy atom. The van der Waals surface area contributed by atoms with Gasteiger partial charge in [0.1, 0.15) is 6.26 Å². The third-order valence-corrected chi connectivity index (χ3v) is 3.22. The van der Waals surface area contributed by atoms with Gasteiger partial charge in [-0.15, -0.1) is 0 Å². The fraction of sp³-hybridized carbons (Fsp3) is 0.700. The zero-order chi connectivity index (χ0) is 8.89. The molecule has 0 aliphatic heterocycles. The summed E-state index contributed by atoms with van der Waals surface area (Å²) in [5.74, 6) is 1.57. The third-order valence-electron chi connectivity index (χ3n) is 3.22. The number of nitrogens with two attached hydrogens (primary N) is 1. The van der Waals surface area contributed by atoms with Crippen LogP contribution < -0.4 is 5.73 Å². The van der Waals surface area contributed by atoms with E-state index in [1.54, 1.807) is 0 Å². The highest BCUT2D eigenvalue weighted by Gasteiger charge is 2.47. The lowest BCUT2D eigenvalue weighted by molar-refractivity contribution is 0.437. The van der Waals surface area contributed by atoms with Gasteiger partial charge in [-0.3, -0.25) is 0 Å². The lowest BCUT2D eigenvalue weighted by Gasteiger charge is -2.04. The molecule has 3 rings (SSSR count). The highest BCUT2D eigenvalue weighted by Crippen LogP contribution is 2.48. The maximum absolute atomic E-state index is 5.70. The largest absolute Gasteiger partial charge is 0.448 e. The van der Waals surface area contributed by atoms with Crippen molar-refractivity contribution in [3.8, 4) is 0 Å². The van der Waals surface area contributed by atoms with Gasteiger partial charge >= 0.3 is 0 Å². The van der Waals surface area contributed by atoms with Gasteiger partial charge in [0.2, 0.25) is 5.89 Å². The molecule has 1 heterocycles. The zero-order valence-corrected chi connectivity index (χ0v) is 7.62.